The maximum Gasteiger partial charge on any atom is 0.416 e. The van der Waals surface area contributed by atoms with Gasteiger partial charge in [0.2, 0.25) is 0 Å². The van der Waals surface area contributed by atoms with Crippen LogP contribution in [0, 0.1) is 0 Å². The number of nitrogens with one attached hydrogen (secondary N) is 2. The smallest absolute Gasteiger partial charge is 0.416 e. The maximum atomic E-state index is 12.7. The summed E-state index contributed by atoms with van der Waals surface area (Å²) in [6, 6.07) is 11.2. The fourth-order valence-electron chi connectivity index (χ4n) is 2.05. The Balaban J connectivity index is 2.00. The van der Waals surface area contributed by atoms with Crippen LogP contribution in [0.15, 0.2) is 52.9 Å². The number of nitrogens with zero attached hydrogens (tertiary/aromatic N) is 1. The molecular weight excluding hydrogens is 387 g/mol. The lowest BCUT2D eigenvalue weighted by molar-refractivity contribution is -0.137. The van der Waals surface area contributed by atoms with E-state index in [0.29, 0.717) is 11.3 Å². The Labute approximate surface area is 154 Å². The first-order chi connectivity index (χ1) is 12.0. The summed E-state index contributed by atoms with van der Waals surface area (Å²) in [6.45, 7) is 0.100. The van der Waals surface area contributed by atoms with Gasteiger partial charge in [-0.05, 0) is 58.1 Å². The van der Waals surface area contributed by atoms with Gasteiger partial charge in [0, 0.05) is 18.5 Å². The molecule has 2 rings (SSSR count). The van der Waals surface area contributed by atoms with Crippen molar-refractivity contribution >= 4 is 38.7 Å². The molecule has 0 aliphatic rings. The number of alkyl halides is 3. The molecule has 0 saturated carbocycles. The molecule has 0 radical (unpaired) electrons. The summed E-state index contributed by atoms with van der Waals surface area (Å²) in [7, 11) is -3.53. The van der Waals surface area contributed by atoms with E-state index in [0.717, 1.165) is 18.4 Å². The van der Waals surface area contributed by atoms with Crippen LogP contribution in [0.1, 0.15) is 11.1 Å². The Kier molecular flexibility index (Phi) is 6.21. The lowest BCUT2D eigenvalue weighted by Crippen LogP contribution is -2.27. The van der Waals surface area contributed by atoms with Gasteiger partial charge in [-0.25, -0.2) is 4.36 Å². The highest BCUT2D eigenvalue weighted by molar-refractivity contribution is 7.87. The topological polar surface area (TPSA) is 76.5 Å². The summed E-state index contributed by atoms with van der Waals surface area (Å²) >= 11 is 5.10. The highest BCUT2D eigenvalue weighted by atomic mass is 32.2. The van der Waals surface area contributed by atoms with Gasteiger partial charge < -0.3 is 15.2 Å². The molecule has 0 amide bonds. The van der Waals surface area contributed by atoms with Crippen molar-refractivity contribution in [2.75, 3.05) is 11.6 Å². The van der Waals surface area contributed by atoms with Crippen LogP contribution in [0.3, 0.4) is 0 Å². The number of thiocarbonyl (C=S) groups is 1. The molecule has 2 N–H and O–H groups in total. The first-order valence-corrected chi connectivity index (χ1v) is 9.53. The van der Waals surface area contributed by atoms with Crippen molar-refractivity contribution in [3.05, 3.63) is 59.7 Å². The molecule has 0 aliphatic carbocycles. The second-order valence-electron chi connectivity index (χ2n) is 5.38. The van der Waals surface area contributed by atoms with Crippen molar-refractivity contribution in [3.63, 3.8) is 0 Å². The second kappa shape index (κ2) is 8.02. The van der Waals surface area contributed by atoms with E-state index in [1.807, 2.05) is 0 Å². The number of benzene rings is 2. The Bertz CT molecular complexity index is 915. The van der Waals surface area contributed by atoms with Crippen LogP contribution in [0.5, 0.6) is 0 Å². The van der Waals surface area contributed by atoms with Crippen molar-refractivity contribution in [1.29, 1.82) is 0 Å². The Morgan fingerprint density at radius 1 is 1.23 bits per heavy atom. The summed E-state index contributed by atoms with van der Waals surface area (Å²) in [5.74, 6) is 0. The molecule has 1 unspecified atom stereocenters. The van der Waals surface area contributed by atoms with Crippen molar-refractivity contribution in [3.8, 4) is 0 Å². The van der Waals surface area contributed by atoms with Gasteiger partial charge in [-0.2, -0.15) is 13.2 Å². The maximum absolute atomic E-state index is 12.7. The van der Waals surface area contributed by atoms with E-state index >= 15 is 0 Å². The average molecular weight is 402 g/mol. The fraction of sp³-hybridized carbons (Fsp3) is 0.188. The van der Waals surface area contributed by atoms with Gasteiger partial charge in [0.1, 0.15) is 0 Å². The molecule has 2 aromatic carbocycles. The average Bonchev–Trinajstić information content (AvgIpc) is 2.51. The standard InChI is InChI=1S/C16H16F3N3O2S2/c1-26(23,24)22-14-7-3-6-13(9-14)21-15(25)20-10-11-4-2-5-12(8-11)16(17,18)19/h2-9H,10H2,1H3,(H2,20,21,25)(H,22,23,24)/p-1. The van der Waals surface area contributed by atoms with E-state index in [2.05, 4.69) is 15.0 Å². The minimum absolute atomic E-state index is 0.100. The molecule has 0 aromatic heterocycles. The van der Waals surface area contributed by atoms with Gasteiger partial charge in [-0.3, -0.25) is 4.21 Å². The zero-order valence-electron chi connectivity index (χ0n) is 13.5. The Hall–Kier alpha value is -2.17. The predicted octanol–water partition coefficient (Wildman–Crippen LogP) is 4.05. The third-order valence-electron chi connectivity index (χ3n) is 3.08. The molecular formula is C16H15F3N3O2S2-. The molecule has 0 aliphatic heterocycles. The fourth-order valence-corrected chi connectivity index (χ4v) is 2.73. The van der Waals surface area contributed by atoms with E-state index in [1.165, 1.54) is 18.2 Å². The first kappa shape index (κ1) is 20.1. The number of halogens is 3. The van der Waals surface area contributed by atoms with Crippen molar-refractivity contribution in [2.24, 2.45) is 4.36 Å². The second-order valence-corrected chi connectivity index (χ2v) is 7.44. The van der Waals surface area contributed by atoms with Gasteiger partial charge in [0.05, 0.1) is 11.3 Å². The molecule has 0 bridgehead atoms. The third-order valence-corrected chi connectivity index (χ3v) is 3.87. The summed E-state index contributed by atoms with van der Waals surface area (Å²) in [4.78, 5) is 0. The van der Waals surface area contributed by atoms with Crippen molar-refractivity contribution in [1.82, 2.24) is 5.32 Å². The largest absolute Gasteiger partial charge is 0.764 e. The predicted molar refractivity (Wildman–Crippen MR) is 97.9 cm³/mol. The van der Waals surface area contributed by atoms with Gasteiger partial charge in [0.15, 0.2) is 5.11 Å². The van der Waals surface area contributed by atoms with Crippen LogP contribution in [-0.2, 0) is 22.7 Å². The Morgan fingerprint density at radius 3 is 2.58 bits per heavy atom. The quantitative estimate of drug-likeness (QED) is 0.755. The van der Waals surface area contributed by atoms with Crippen LogP contribution in [0.2, 0.25) is 0 Å². The molecule has 140 valence electrons. The zero-order chi connectivity index (χ0) is 19.4. The molecule has 0 spiro atoms. The summed E-state index contributed by atoms with van der Waals surface area (Å²) < 4.78 is 64.0. The minimum Gasteiger partial charge on any atom is -0.764 e. The minimum atomic E-state index is -4.40. The number of hydrogen-bond acceptors (Lipinski definition) is 4. The molecule has 0 heterocycles. The summed E-state index contributed by atoms with van der Waals surface area (Å²) in [5.41, 5.74) is 0.421. The SMILES string of the molecule is CS(=O)([O-])=Nc1cccc(NC(=S)NCc2cccc(C(F)(F)F)c2)c1. The highest BCUT2D eigenvalue weighted by Gasteiger charge is 2.30. The lowest BCUT2D eigenvalue weighted by atomic mass is 10.1. The molecule has 10 heteroatoms. The van der Waals surface area contributed by atoms with Crippen molar-refractivity contribution in [2.45, 2.75) is 12.7 Å². The molecule has 26 heavy (non-hydrogen) atoms. The first-order valence-electron chi connectivity index (χ1n) is 7.27. The summed E-state index contributed by atoms with van der Waals surface area (Å²) in [6.07, 6.45) is -3.42. The van der Waals surface area contributed by atoms with Gasteiger partial charge in [-0.1, -0.05) is 18.2 Å². The molecule has 2 aromatic rings. The molecule has 0 fully saturated rings. The molecule has 0 saturated heterocycles. The third kappa shape index (κ3) is 6.62. The van der Waals surface area contributed by atoms with Crippen LogP contribution in [-0.4, -0.2) is 20.1 Å². The zero-order valence-corrected chi connectivity index (χ0v) is 15.2. The van der Waals surface area contributed by atoms with Crippen LogP contribution in [0.25, 0.3) is 0 Å². The van der Waals surface area contributed by atoms with E-state index < -0.39 is 21.7 Å². The Morgan fingerprint density at radius 2 is 1.92 bits per heavy atom. The number of hydrogen-bond donors (Lipinski definition) is 2. The van der Waals surface area contributed by atoms with Crippen LogP contribution in [0.4, 0.5) is 24.5 Å². The lowest BCUT2D eigenvalue weighted by Gasteiger charge is -2.13. The van der Waals surface area contributed by atoms with Gasteiger partial charge in [-0.15, -0.1) is 0 Å². The van der Waals surface area contributed by atoms with Crippen LogP contribution >= 0.6 is 12.2 Å². The van der Waals surface area contributed by atoms with E-state index in [9.17, 15) is 21.9 Å². The van der Waals surface area contributed by atoms with E-state index in [1.54, 1.807) is 18.2 Å². The monoisotopic (exact) mass is 402 g/mol. The van der Waals surface area contributed by atoms with Gasteiger partial charge >= 0.3 is 6.18 Å². The number of rotatable bonds is 4. The molecule has 1 atom stereocenters. The van der Waals surface area contributed by atoms with Crippen LogP contribution < -0.4 is 10.6 Å². The number of anilines is 1. The highest BCUT2D eigenvalue weighted by Crippen LogP contribution is 2.29. The van der Waals surface area contributed by atoms with Crippen molar-refractivity contribution < 1.29 is 21.9 Å². The van der Waals surface area contributed by atoms with E-state index in [4.69, 9.17) is 12.2 Å². The van der Waals surface area contributed by atoms with E-state index in [-0.39, 0.29) is 17.3 Å². The van der Waals surface area contributed by atoms with Gasteiger partial charge in [0.25, 0.3) is 0 Å². The molecule has 5 nitrogen and oxygen atoms in total. The summed E-state index contributed by atoms with van der Waals surface area (Å²) in [5, 5.41) is 5.80. The normalized spacial score (nSPS) is 13.6.